The fraction of sp³-hybridized carbons (Fsp3) is 0.778. The lowest BCUT2D eigenvalue weighted by Gasteiger charge is -2.13. The van der Waals surface area contributed by atoms with E-state index in [-0.39, 0.29) is 0 Å². The fourth-order valence-corrected chi connectivity index (χ4v) is 2.40. The molecule has 11 heteroatoms. The maximum absolute atomic E-state index is 11.7. The number of aliphatic carboxylic acids is 1. The molecule has 0 fully saturated rings. The zero-order valence-electron chi connectivity index (χ0n) is 10.4. The maximum atomic E-state index is 11.7. The molecule has 7 nitrogen and oxygen atoms in total. The number of carboxylic acids is 1. The highest BCUT2D eigenvalue weighted by Gasteiger charge is 2.29. The Balaban J connectivity index is 4.35. The molecule has 1 atom stereocenters. The van der Waals surface area contributed by atoms with Crippen LogP contribution in [0, 0.1) is 0 Å². The Morgan fingerprint density at radius 3 is 2.30 bits per heavy atom. The standard InChI is InChI=1S/C9H14F3NO6S/c1-6(14)13-7(8(15)16)4-20(17,18)3-2-19-5-9(10,11)12/h7H,2-5H2,1H3,(H,13,14)(H,15,16). The minimum atomic E-state index is -4.57. The van der Waals surface area contributed by atoms with Gasteiger partial charge in [0.15, 0.2) is 9.84 Å². The van der Waals surface area contributed by atoms with Crippen LogP contribution in [0.5, 0.6) is 0 Å². The lowest BCUT2D eigenvalue weighted by atomic mass is 10.3. The molecule has 0 spiro atoms. The van der Waals surface area contributed by atoms with Crippen molar-refractivity contribution in [2.45, 2.75) is 19.1 Å². The summed E-state index contributed by atoms with van der Waals surface area (Å²) < 4.78 is 62.3. The summed E-state index contributed by atoms with van der Waals surface area (Å²) in [5.41, 5.74) is 0. The van der Waals surface area contributed by atoms with Gasteiger partial charge >= 0.3 is 12.1 Å². The highest BCUT2D eigenvalue weighted by molar-refractivity contribution is 7.91. The Kier molecular flexibility index (Phi) is 6.92. The second-order valence-electron chi connectivity index (χ2n) is 3.87. The SMILES string of the molecule is CC(=O)NC(CS(=O)(=O)CCOCC(F)(F)F)C(=O)O. The van der Waals surface area contributed by atoms with E-state index in [0.29, 0.717) is 0 Å². The molecule has 0 radical (unpaired) electrons. The number of rotatable bonds is 8. The summed E-state index contributed by atoms with van der Waals surface area (Å²) in [5, 5.41) is 10.6. The molecule has 0 aliphatic heterocycles. The number of hydrogen-bond donors (Lipinski definition) is 2. The normalized spacial score (nSPS) is 13.8. The summed E-state index contributed by atoms with van der Waals surface area (Å²) in [4.78, 5) is 21.4. The molecule has 0 aliphatic rings. The number of nitrogens with one attached hydrogen (secondary N) is 1. The number of ether oxygens (including phenoxy) is 1. The number of carbonyl (C=O) groups excluding carboxylic acids is 1. The predicted molar refractivity (Wildman–Crippen MR) is 60.8 cm³/mol. The lowest BCUT2D eigenvalue weighted by molar-refractivity contribution is -0.172. The van der Waals surface area contributed by atoms with Crippen molar-refractivity contribution in [1.29, 1.82) is 0 Å². The van der Waals surface area contributed by atoms with Gasteiger partial charge in [-0.15, -0.1) is 0 Å². The van der Waals surface area contributed by atoms with Crippen molar-refractivity contribution in [2.24, 2.45) is 0 Å². The summed E-state index contributed by atoms with van der Waals surface area (Å²) in [6, 6.07) is -1.65. The first-order valence-electron chi connectivity index (χ1n) is 5.28. The Labute approximate surface area is 113 Å². The molecule has 0 saturated carbocycles. The molecule has 0 rings (SSSR count). The lowest BCUT2D eigenvalue weighted by Crippen LogP contribution is -2.45. The average Bonchev–Trinajstić information content (AvgIpc) is 2.21. The molecule has 0 saturated heterocycles. The number of alkyl halides is 3. The second-order valence-corrected chi connectivity index (χ2v) is 6.10. The number of carboxylic acid groups (broad SMARTS) is 1. The summed E-state index contributed by atoms with van der Waals surface area (Å²) in [6.45, 7) is -1.29. The molecule has 0 aromatic carbocycles. The van der Waals surface area contributed by atoms with E-state index in [9.17, 15) is 31.2 Å². The smallest absolute Gasteiger partial charge is 0.411 e. The zero-order valence-corrected chi connectivity index (χ0v) is 11.3. The van der Waals surface area contributed by atoms with Gasteiger partial charge in [-0.25, -0.2) is 13.2 Å². The number of halogens is 3. The Bertz CT molecular complexity index is 447. The molecule has 0 aromatic rings. The molecule has 0 aromatic heterocycles. The summed E-state index contributed by atoms with van der Waals surface area (Å²) in [6.07, 6.45) is -4.57. The highest BCUT2D eigenvalue weighted by atomic mass is 32.2. The van der Waals surface area contributed by atoms with Crippen molar-refractivity contribution in [3.8, 4) is 0 Å². The Morgan fingerprint density at radius 2 is 1.90 bits per heavy atom. The molecule has 0 bridgehead atoms. The summed E-state index contributed by atoms with van der Waals surface area (Å²) in [5.74, 6) is -3.98. The number of sulfone groups is 1. The van der Waals surface area contributed by atoms with Crippen molar-refractivity contribution in [2.75, 3.05) is 24.7 Å². The third-order valence-electron chi connectivity index (χ3n) is 1.90. The van der Waals surface area contributed by atoms with E-state index in [1.807, 2.05) is 5.32 Å². The van der Waals surface area contributed by atoms with Crippen LogP contribution in [0.25, 0.3) is 0 Å². The molecule has 2 N–H and O–H groups in total. The fourth-order valence-electron chi connectivity index (χ4n) is 1.13. The van der Waals surface area contributed by atoms with Gasteiger partial charge in [-0.05, 0) is 0 Å². The first kappa shape index (κ1) is 18.6. The van der Waals surface area contributed by atoms with Crippen LogP contribution >= 0.6 is 0 Å². The monoisotopic (exact) mass is 321 g/mol. The quantitative estimate of drug-likeness (QED) is 0.587. The summed E-state index contributed by atoms with van der Waals surface area (Å²) in [7, 11) is -3.98. The predicted octanol–water partition coefficient (Wildman–Crippen LogP) is -0.431. The van der Waals surface area contributed by atoms with Gasteiger partial charge in [0.1, 0.15) is 12.6 Å². The number of amides is 1. The van der Waals surface area contributed by atoms with E-state index < -0.39 is 58.7 Å². The van der Waals surface area contributed by atoms with Crippen LogP contribution in [-0.2, 0) is 24.2 Å². The number of hydrogen-bond acceptors (Lipinski definition) is 5. The van der Waals surface area contributed by atoms with Gasteiger partial charge in [-0.2, -0.15) is 13.2 Å². The van der Waals surface area contributed by atoms with Gasteiger partial charge in [0.05, 0.1) is 18.1 Å². The van der Waals surface area contributed by atoms with E-state index in [0.717, 1.165) is 6.92 Å². The highest BCUT2D eigenvalue weighted by Crippen LogP contribution is 2.14. The maximum Gasteiger partial charge on any atom is 0.411 e. The largest absolute Gasteiger partial charge is 0.480 e. The van der Waals surface area contributed by atoms with Crippen molar-refractivity contribution in [3.63, 3.8) is 0 Å². The topological polar surface area (TPSA) is 110 Å². The Hall–Kier alpha value is -1.36. The second kappa shape index (κ2) is 7.43. The van der Waals surface area contributed by atoms with Gasteiger partial charge in [0.25, 0.3) is 0 Å². The molecular weight excluding hydrogens is 307 g/mol. The van der Waals surface area contributed by atoms with Crippen LogP contribution in [0.1, 0.15) is 6.92 Å². The summed E-state index contributed by atoms with van der Waals surface area (Å²) >= 11 is 0. The molecule has 0 heterocycles. The third-order valence-corrected chi connectivity index (χ3v) is 3.53. The van der Waals surface area contributed by atoms with E-state index in [2.05, 4.69) is 4.74 Å². The molecule has 1 unspecified atom stereocenters. The van der Waals surface area contributed by atoms with E-state index in [1.165, 1.54) is 0 Å². The van der Waals surface area contributed by atoms with Crippen LogP contribution in [0.15, 0.2) is 0 Å². The molecule has 20 heavy (non-hydrogen) atoms. The molecule has 1 amide bonds. The van der Waals surface area contributed by atoms with Gasteiger partial charge in [-0.3, -0.25) is 4.79 Å². The minimum Gasteiger partial charge on any atom is -0.480 e. The van der Waals surface area contributed by atoms with Gasteiger partial charge < -0.3 is 15.2 Å². The molecule has 0 aliphatic carbocycles. The van der Waals surface area contributed by atoms with Crippen LogP contribution < -0.4 is 5.32 Å². The van der Waals surface area contributed by atoms with E-state index in [4.69, 9.17) is 5.11 Å². The van der Waals surface area contributed by atoms with Crippen LogP contribution in [-0.4, -0.2) is 62.3 Å². The zero-order chi connectivity index (χ0) is 16.0. The van der Waals surface area contributed by atoms with Crippen molar-refractivity contribution < 1.29 is 41.0 Å². The minimum absolute atomic E-state index is 0.714. The first-order valence-corrected chi connectivity index (χ1v) is 7.10. The van der Waals surface area contributed by atoms with Gasteiger partial charge in [0.2, 0.25) is 5.91 Å². The van der Waals surface area contributed by atoms with Crippen molar-refractivity contribution >= 4 is 21.7 Å². The van der Waals surface area contributed by atoms with Gasteiger partial charge in [-0.1, -0.05) is 0 Å². The van der Waals surface area contributed by atoms with E-state index in [1.54, 1.807) is 0 Å². The van der Waals surface area contributed by atoms with E-state index >= 15 is 0 Å². The van der Waals surface area contributed by atoms with Crippen LogP contribution in [0.4, 0.5) is 13.2 Å². The van der Waals surface area contributed by atoms with Crippen LogP contribution in [0.2, 0.25) is 0 Å². The molecule has 118 valence electrons. The van der Waals surface area contributed by atoms with Crippen LogP contribution in [0.3, 0.4) is 0 Å². The van der Waals surface area contributed by atoms with Crippen molar-refractivity contribution in [3.05, 3.63) is 0 Å². The van der Waals surface area contributed by atoms with Crippen molar-refractivity contribution in [1.82, 2.24) is 5.32 Å². The molecular formula is C9H14F3NO6S. The number of carbonyl (C=O) groups is 2. The van der Waals surface area contributed by atoms with Gasteiger partial charge in [0, 0.05) is 6.92 Å². The third kappa shape index (κ3) is 9.55. The Morgan fingerprint density at radius 1 is 1.35 bits per heavy atom. The average molecular weight is 321 g/mol. The first-order chi connectivity index (χ1) is 8.93.